The molecule has 0 amide bonds. The van der Waals surface area contributed by atoms with Crippen LogP contribution in [0.3, 0.4) is 0 Å². The fraction of sp³-hybridized carbons (Fsp3) is 0.158. The van der Waals surface area contributed by atoms with Crippen LogP contribution in [0.2, 0.25) is 0 Å². The first-order valence-electron chi connectivity index (χ1n) is 8.71. The summed E-state index contributed by atoms with van der Waals surface area (Å²) in [6, 6.07) is 9.86. The molecule has 9 nitrogen and oxygen atoms in total. The van der Waals surface area contributed by atoms with Crippen LogP contribution in [0.4, 0.5) is 11.6 Å². The van der Waals surface area contributed by atoms with E-state index in [1.807, 2.05) is 6.92 Å². The van der Waals surface area contributed by atoms with Gasteiger partial charge in [-0.3, -0.25) is 14.6 Å². The lowest BCUT2D eigenvalue weighted by molar-refractivity contribution is 0.601. The van der Waals surface area contributed by atoms with Gasteiger partial charge in [-0.05, 0) is 32.0 Å². The van der Waals surface area contributed by atoms with Gasteiger partial charge in [-0.2, -0.15) is 0 Å². The highest BCUT2D eigenvalue weighted by Crippen LogP contribution is 2.22. The van der Waals surface area contributed by atoms with Crippen molar-refractivity contribution in [2.45, 2.75) is 18.7 Å². The van der Waals surface area contributed by atoms with E-state index >= 15 is 0 Å². The van der Waals surface area contributed by atoms with E-state index in [2.05, 4.69) is 25.4 Å². The molecule has 0 aliphatic carbocycles. The van der Waals surface area contributed by atoms with Crippen LogP contribution >= 0.6 is 0 Å². The third-order valence-corrected chi connectivity index (χ3v) is 5.42. The number of aryl methyl sites for hydroxylation is 2. The largest absolute Gasteiger partial charge is 0.325 e. The predicted octanol–water partition coefficient (Wildman–Crippen LogP) is 2.27. The van der Waals surface area contributed by atoms with Crippen LogP contribution in [-0.4, -0.2) is 39.4 Å². The third kappa shape index (κ3) is 3.74. The van der Waals surface area contributed by atoms with Gasteiger partial charge in [-0.1, -0.05) is 6.07 Å². The monoisotopic (exact) mass is 410 g/mol. The zero-order valence-corrected chi connectivity index (χ0v) is 16.8. The molecular formula is C19H18N6O3S. The lowest BCUT2D eigenvalue weighted by Crippen LogP contribution is -2.05. The van der Waals surface area contributed by atoms with Crippen molar-refractivity contribution >= 4 is 32.4 Å². The summed E-state index contributed by atoms with van der Waals surface area (Å²) < 4.78 is 25.3. The molecule has 0 aliphatic rings. The number of pyridine rings is 1. The molecule has 0 radical (unpaired) electrons. The molecule has 0 saturated heterocycles. The van der Waals surface area contributed by atoms with Crippen molar-refractivity contribution in [2.24, 2.45) is 0 Å². The Balaban J connectivity index is 1.82. The Morgan fingerprint density at radius 1 is 1.07 bits per heavy atom. The van der Waals surface area contributed by atoms with Gasteiger partial charge in [-0.15, -0.1) is 0 Å². The second-order valence-corrected chi connectivity index (χ2v) is 8.72. The molecule has 29 heavy (non-hydrogen) atoms. The lowest BCUT2D eigenvalue weighted by atomic mass is 10.3. The molecule has 4 rings (SSSR count). The maximum Gasteiger partial charge on any atom is 0.273 e. The van der Waals surface area contributed by atoms with Crippen LogP contribution in [0.15, 0.2) is 52.3 Å². The van der Waals surface area contributed by atoms with Crippen LogP contribution < -0.4 is 10.9 Å². The zero-order valence-electron chi connectivity index (χ0n) is 16.0. The van der Waals surface area contributed by atoms with Gasteiger partial charge >= 0.3 is 0 Å². The van der Waals surface area contributed by atoms with E-state index < -0.39 is 9.84 Å². The third-order valence-electron chi connectivity index (χ3n) is 4.31. The van der Waals surface area contributed by atoms with Gasteiger partial charge in [0.15, 0.2) is 9.84 Å². The van der Waals surface area contributed by atoms with Crippen molar-refractivity contribution in [1.29, 1.82) is 0 Å². The molecule has 0 fully saturated rings. The molecule has 3 aromatic heterocycles. The molecule has 4 aromatic rings. The van der Waals surface area contributed by atoms with Gasteiger partial charge in [0.25, 0.3) is 5.56 Å². The molecule has 0 aliphatic heterocycles. The number of benzene rings is 1. The first kappa shape index (κ1) is 18.8. The Kier molecular flexibility index (Phi) is 4.42. The summed E-state index contributed by atoms with van der Waals surface area (Å²) in [5.74, 6) is 1.71. The number of anilines is 2. The summed E-state index contributed by atoms with van der Waals surface area (Å²) >= 11 is 0. The molecule has 0 atom stereocenters. The average Bonchev–Trinajstić information content (AvgIpc) is 2.96. The van der Waals surface area contributed by atoms with Crippen molar-refractivity contribution in [3.63, 3.8) is 0 Å². The number of fused-ring (bicyclic) bond motifs is 1. The SMILES string of the molecule is Cc1cc(Nc2cc3c(cn2)c(=O)[nH]n3-c2cccc(S(C)(=O)=O)c2)nc(C)n1. The van der Waals surface area contributed by atoms with E-state index in [4.69, 9.17) is 0 Å². The molecule has 148 valence electrons. The van der Waals surface area contributed by atoms with E-state index in [9.17, 15) is 13.2 Å². The Morgan fingerprint density at radius 2 is 1.86 bits per heavy atom. The molecule has 1 aromatic carbocycles. The highest BCUT2D eigenvalue weighted by atomic mass is 32.2. The zero-order chi connectivity index (χ0) is 20.8. The van der Waals surface area contributed by atoms with Crippen LogP contribution in [0.5, 0.6) is 0 Å². The van der Waals surface area contributed by atoms with Crippen molar-refractivity contribution < 1.29 is 8.42 Å². The Labute approximate surface area is 166 Å². The van der Waals surface area contributed by atoms with E-state index in [0.29, 0.717) is 34.1 Å². The van der Waals surface area contributed by atoms with Gasteiger partial charge in [0, 0.05) is 30.3 Å². The molecule has 3 heterocycles. The molecule has 0 bridgehead atoms. The van der Waals surface area contributed by atoms with Crippen LogP contribution in [0.25, 0.3) is 16.6 Å². The van der Waals surface area contributed by atoms with Crippen LogP contribution in [-0.2, 0) is 9.84 Å². The van der Waals surface area contributed by atoms with Crippen molar-refractivity contribution in [1.82, 2.24) is 24.7 Å². The normalized spacial score (nSPS) is 11.7. The lowest BCUT2D eigenvalue weighted by Gasteiger charge is -2.09. The minimum atomic E-state index is -3.38. The Bertz CT molecular complexity index is 1380. The highest BCUT2D eigenvalue weighted by Gasteiger charge is 2.13. The quantitative estimate of drug-likeness (QED) is 0.529. The highest BCUT2D eigenvalue weighted by molar-refractivity contribution is 7.90. The summed E-state index contributed by atoms with van der Waals surface area (Å²) in [7, 11) is -3.38. The second kappa shape index (κ2) is 6.82. The topological polar surface area (TPSA) is 123 Å². The van der Waals surface area contributed by atoms with Gasteiger partial charge < -0.3 is 5.32 Å². The molecule has 0 saturated carbocycles. The maximum absolute atomic E-state index is 12.3. The minimum absolute atomic E-state index is 0.164. The summed E-state index contributed by atoms with van der Waals surface area (Å²) in [4.78, 5) is 25.4. The Hall–Kier alpha value is -3.53. The number of nitrogens with one attached hydrogen (secondary N) is 2. The number of hydrogen-bond donors (Lipinski definition) is 2. The standard InChI is InChI=1S/C19H18N6O3S/c1-11-7-18(22-12(2)21-11)23-17-9-16-15(10-20-17)19(26)24-25(16)13-5-4-6-14(8-13)29(3,27)28/h4-10H,1-3H3,(H,24,26)(H,20,21,22,23). The molecule has 2 N–H and O–H groups in total. The molecule has 10 heteroatoms. The summed E-state index contributed by atoms with van der Waals surface area (Å²) in [5.41, 5.74) is 1.57. The number of hydrogen-bond acceptors (Lipinski definition) is 7. The first-order valence-corrected chi connectivity index (χ1v) is 10.6. The number of aromatic nitrogens is 5. The smallest absolute Gasteiger partial charge is 0.273 e. The second-order valence-electron chi connectivity index (χ2n) is 6.70. The van der Waals surface area contributed by atoms with E-state index in [-0.39, 0.29) is 10.5 Å². The first-order chi connectivity index (χ1) is 13.7. The maximum atomic E-state index is 12.3. The van der Waals surface area contributed by atoms with Gasteiger partial charge in [-0.25, -0.2) is 23.4 Å². The van der Waals surface area contributed by atoms with E-state index in [0.717, 1.165) is 11.9 Å². The fourth-order valence-corrected chi connectivity index (χ4v) is 3.72. The predicted molar refractivity (Wildman–Crippen MR) is 110 cm³/mol. The number of H-pyrrole nitrogens is 1. The number of nitrogens with zero attached hydrogens (tertiary/aromatic N) is 4. The van der Waals surface area contributed by atoms with Crippen LogP contribution in [0.1, 0.15) is 11.5 Å². The summed E-state index contributed by atoms with van der Waals surface area (Å²) in [5, 5.41) is 6.23. The molecule has 0 spiro atoms. The van der Waals surface area contributed by atoms with Crippen LogP contribution in [0, 0.1) is 13.8 Å². The number of aromatic amines is 1. The van der Waals surface area contributed by atoms with Crippen molar-refractivity contribution in [3.8, 4) is 5.69 Å². The van der Waals surface area contributed by atoms with Crippen molar-refractivity contribution in [2.75, 3.05) is 11.6 Å². The summed E-state index contributed by atoms with van der Waals surface area (Å²) in [6.45, 7) is 3.67. The van der Waals surface area contributed by atoms with Gasteiger partial charge in [0.05, 0.1) is 21.5 Å². The average molecular weight is 410 g/mol. The van der Waals surface area contributed by atoms with E-state index in [1.165, 1.54) is 23.0 Å². The van der Waals surface area contributed by atoms with E-state index in [1.54, 1.807) is 31.2 Å². The fourth-order valence-electron chi connectivity index (χ4n) is 3.06. The number of sulfone groups is 1. The Morgan fingerprint density at radius 3 is 2.59 bits per heavy atom. The molecule has 0 unspecified atom stereocenters. The summed E-state index contributed by atoms with van der Waals surface area (Å²) in [6.07, 6.45) is 2.61. The minimum Gasteiger partial charge on any atom is -0.325 e. The number of rotatable bonds is 4. The van der Waals surface area contributed by atoms with Gasteiger partial charge in [0.1, 0.15) is 17.5 Å². The van der Waals surface area contributed by atoms with Crippen molar-refractivity contribution in [3.05, 3.63) is 64.5 Å². The molecular weight excluding hydrogens is 392 g/mol. The van der Waals surface area contributed by atoms with Gasteiger partial charge in [0.2, 0.25) is 0 Å².